The van der Waals surface area contributed by atoms with E-state index >= 15 is 0 Å². The molecule has 1 nitrogen and oxygen atoms in total. The third-order valence-corrected chi connectivity index (χ3v) is 4.44. The number of fused-ring (bicyclic) bond motifs is 1. The molecular formula is C15H24O. The Labute approximate surface area is 99.3 Å². The van der Waals surface area contributed by atoms with Crippen LogP contribution in [0.4, 0.5) is 0 Å². The highest BCUT2D eigenvalue weighted by Gasteiger charge is 2.41. The largest absolute Gasteiger partial charge is 0.300 e. The molecule has 3 unspecified atom stereocenters. The lowest BCUT2D eigenvalue weighted by Gasteiger charge is -2.46. The molecule has 0 heterocycles. The SMILES string of the molecule is CC(=O)C1CCC=C2CC(C)(C)CC(C)C21. The summed E-state index contributed by atoms with van der Waals surface area (Å²) in [7, 11) is 0. The summed E-state index contributed by atoms with van der Waals surface area (Å²) < 4.78 is 0. The van der Waals surface area contributed by atoms with Gasteiger partial charge in [0.25, 0.3) is 0 Å². The molecule has 90 valence electrons. The van der Waals surface area contributed by atoms with Crippen LogP contribution in [-0.4, -0.2) is 5.78 Å². The molecule has 0 aromatic rings. The Morgan fingerprint density at radius 1 is 1.44 bits per heavy atom. The normalized spacial score (nSPS) is 37.5. The van der Waals surface area contributed by atoms with Crippen LogP contribution < -0.4 is 0 Å². The number of allylic oxidation sites excluding steroid dienone is 2. The lowest BCUT2D eigenvalue weighted by Crippen LogP contribution is -2.38. The van der Waals surface area contributed by atoms with E-state index in [1.165, 1.54) is 12.8 Å². The maximum Gasteiger partial charge on any atom is 0.133 e. The molecule has 1 fully saturated rings. The van der Waals surface area contributed by atoms with Crippen LogP contribution in [0.1, 0.15) is 53.4 Å². The van der Waals surface area contributed by atoms with E-state index in [2.05, 4.69) is 26.8 Å². The molecular weight excluding hydrogens is 196 g/mol. The van der Waals surface area contributed by atoms with E-state index in [1.807, 2.05) is 0 Å². The standard InChI is InChI=1S/C15H24O/c1-10-8-15(3,4)9-12-6-5-7-13(11(2)16)14(10)12/h6,10,13-14H,5,7-9H2,1-4H3. The smallest absolute Gasteiger partial charge is 0.133 e. The van der Waals surface area contributed by atoms with Crippen molar-refractivity contribution < 1.29 is 4.79 Å². The summed E-state index contributed by atoms with van der Waals surface area (Å²) in [5.74, 6) is 1.94. The Morgan fingerprint density at radius 3 is 2.75 bits per heavy atom. The topological polar surface area (TPSA) is 17.1 Å². The first-order valence-electron chi connectivity index (χ1n) is 6.60. The lowest BCUT2D eigenvalue weighted by atomic mass is 9.59. The zero-order valence-electron chi connectivity index (χ0n) is 11.0. The molecule has 1 heteroatoms. The van der Waals surface area contributed by atoms with Gasteiger partial charge in [-0.3, -0.25) is 4.79 Å². The van der Waals surface area contributed by atoms with Gasteiger partial charge in [-0.05, 0) is 49.9 Å². The summed E-state index contributed by atoms with van der Waals surface area (Å²) in [6.07, 6.45) is 7.07. The number of rotatable bonds is 1. The predicted octanol–water partition coefficient (Wildman–Crippen LogP) is 3.98. The van der Waals surface area contributed by atoms with Gasteiger partial charge in [0.15, 0.2) is 0 Å². The molecule has 16 heavy (non-hydrogen) atoms. The van der Waals surface area contributed by atoms with Crippen molar-refractivity contribution in [1.29, 1.82) is 0 Å². The van der Waals surface area contributed by atoms with Crippen LogP contribution >= 0.6 is 0 Å². The third-order valence-electron chi connectivity index (χ3n) is 4.44. The van der Waals surface area contributed by atoms with E-state index in [1.54, 1.807) is 12.5 Å². The molecule has 0 aromatic heterocycles. The molecule has 0 bridgehead atoms. The highest BCUT2D eigenvalue weighted by molar-refractivity contribution is 5.79. The zero-order valence-corrected chi connectivity index (χ0v) is 11.0. The number of ketones is 1. The van der Waals surface area contributed by atoms with E-state index in [0.717, 1.165) is 12.8 Å². The average Bonchev–Trinajstić information content (AvgIpc) is 2.14. The maximum absolute atomic E-state index is 11.7. The Balaban J connectivity index is 2.27. The van der Waals surface area contributed by atoms with Gasteiger partial charge in [-0.2, -0.15) is 0 Å². The Hall–Kier alpha value is -0.590. The van der Waals surface area contributed by atoms with Gasteiger partial charge in [-0.25, -0.2) is 0 Å². The molecule has 1 saturated carbocycles. The predicted molar refractivity (Wildman–Crippen MR) is 67.2 cm³/mol. The van der Waals surface area contributed by atoms with Crippen molar-refractivity contribution in [2.45, 2.75) is 53.4 Å². The Morgan fingerprint density at radius 2 is 2.12 bits per heavy atom. The van der Waals surface area contributed by atoms with Crippen LogP contribution in [0.2, 0.25) is 0 Å². The summed E-state index contributed by atoms with van der Waals surface area (Å²) in [5, 5.41) is 0. The van der Waals surface area contributed by atoms with E-state index in [-0.39, 0.29) is 0 Å². The van der Waals surface area contributed by atoms with Gasteiger partial charge in [-0.15, -0.1) is 0 Å². The highest BCUT2D eigenvalue weighted by atomic mass is 16.1. The fraction of sp³-hybridized carbons (Fsp3) is 0.800. The van der Waals surface area contributed by atoms with Gasteiger partial charge in [0.1, 0.15) is 5.78 Å². The second-order valence-corrected chi connectivity index (χ2v) is 6.62. The van der Waals surface area contributed by atoms with Gasteiger partial charge >= 0.3 is 0 Å². The minimum absolute atomic E-state index is 0.311. The maximum atomic E-state index is 11.7. The zero-order chi connectivity index (χ0) is 11.9. The summed E-state index contributed by atoms with van der Waals surface area (Å²) in [4.78, 5) is 11.7. The van der Waals surface area contributed by atoms with Gasteiger partial charge in [-0.1, -0.05) is 32.4 Å². The van der Waals surface area contributed by atoms with Crippen molar-refractivity contribution in [2.24, 2.45) is 23.2 Å². The molecule has 0 aromatic carbocycles. The number of carbonyl (C=O) groups excluding carboxylic acids is 1. The summed E-state index contributed by atoms with van der Waals surface area (Å²) in [6, 6.07) is 0. The molecule has 2 rings (SSSR count). The molecule has 2 aliphatic carbocycles. The molecule has 0 aliphatic heterocycles. The van der Waals surface area contributed by atoms with Crippen LogP contribution in [0.5, 0.6) is 0 Å². The lowest BCUT2D eigenvalue weighted by molar-refractivity contribution is -0.123. The Kier molecular flexibility index (Phi) is 2.98. The minimum Gasteiger partial charge on any atom is -0.300 e. The number of carbonyl (C=O) groups is 1. The molecule has 3 atom stereocenters. The van der Waals surface area contributed by atoms with Crippen LogP contribution in [0.3, 0.4) is 0 Å². The van der Waals surface area contributed by atoms with Crippen molar-refractivity contribution in [2.75, 3.05) is 0 Å². The third kappa shape index (κ3) is 2.09. The van der Waals surface area contributed by atoms with Crippen LogP contribution in [0, 0.1) is 23.2 Å². The molecule has 0 saturated heterocycles. The van der Waals surface area contributed by atoms with Crippen molar-refractivity contribution in [3.05, 3.63) is 11.6 Å². The first kappa shape index (κ1) is 11.9. The fourth-order valence-electron chi connectivity index (χ4n) is 4.05. The quantitative estimate of drug-likeness (QED) is 0.611. The molecule has 2 aliphatic rings. The molecule has 0 radical (unpaired) electrons. The van der Waals surface area contributed by atoms with Crippen LogP contribution in [-0.2, 0) is 4.79 Å². The van der Waals surface area contributed by atoms with E-state index in [4.69, 9.17) is 0 Å². The number of hydrogen-bond donors (Lipinski definition) is 0. The van der Waals surface area contributed by atoms with E-state index in [0.29, 0.717) is 29.0 Å². The van der Waals surface area contributed by atoms with Crippen molar-refractivity contribution >= 4 is 5.78 Å². The first-order chi connectivity index (χ1) is 7.41. The van der Waals surface area contributed by atoms with Crippen molar-refractivity contribution in [1.82, 2.24) is 0 Å². The second kappa shape index (κ2) is 4.01. The second-order valence-electron chi connectivity index (χ2n) is 6.62. The average molecular weight is 220 g/mol. The van der Waals surface area contributed by atoms with Crippen molar-refractivity contribution in [3.8, 4) is 0 Å². The number of Topliss-reactive ketones (excluding diaryl/α,β-unsaturated/α-hetero) is 1. The van der Waals surface area contributed by atoms with E-state index in [9.17, 15) is 4.79 Å². The van der Waals surface area contributed by atoms with Crippen LogP contribution in [0.25, 0.3) is 0 Å². The highest BCUT2D eigenvalue weighted by Crippen LogP contribution is 2.50. The Bertz CT molecular complexity index is 324. The van der Waals surface area contributed by atoms with Crippen LogP contribution in [0.15, 0.2) is 11.6 Å². The van der Waals surface area contributed by atoms with Gasteiger partial charge in [0.05, 0.1) is 0 Å². The van der Waals surface area contributed by atoms with Gasteiger partial charge < -0.3 is 0 Å². The first-order valence-corrected chi connectivity index (χ1v) is 6.60. The van der Waals surface area contributed by atoms with E-state index < -0.39 is 0 Å². The van der Waals surface area contributed by atoms with Crippen molar-refractivity contribution in [3.63, 3.8) is 0 Å². The minimum atomic E-state index is 0.311. The van der Waals surface area contributed by atoms with Gasteiger partial charge in [0.2, 0.25) is 0 Å². The summed E-state index contributed by atoms with van der Waals surface area (Å²) in [5.41, 5.74) is 2.01. The monoisotopic (exact) mass is 220 g/mol. The molecule has 0 spiro atoms. The fourth-order valence-corrected chi connectivity index (χ4v) is 4.05. The number of hydrogen-bond acceptors (Lipinski definition) is 1. The summed E-state index contributed by atoms with van der Waals surface area (Å²) in [6.45, 7) is 8.83. The van der Waals surface area contributed by atoms with Gasteiger partial charge in [0, 0.05) is 5.92 Å². The summed E-state index contributed by atoms with van der Waals surface area (Å²) >= 11 is 0. The molecule has 0 amide bonds. The molecule has 0 N–H and O–H groups in total.